The van der Waals surface area contributed by atoms with Crippen molar-refractivity contribution in [3.63, 3.8) is 0 Å². The number of hydrogen-bond acceptors (Lipinski definition) is 2. The SMILES string of the molecule is Cc1ccc(C)c(Cn2c(C(C)NC(=O)Cc3ccccc3C)nc3ccccc32)c1. The maximum Gasteiger partial charge on any atom is 0.225 e. The zero-order chi connectivity index (χ0) is 22.0. The molecule has 0 aliphatic rings. The number of benzene rings is 3. The van der Waals surface area contributed by atoms with E-state index in [2.05, 4.69) is 48.0 Å². The van der Waals surface area contributed by atoms with Gasteiger partial charge in [0.2, 0.25) is 5.91 Å². The summed E-state index contributed by atoms with van der Waals surface area (Å²) in [5.41, 5.74) is 7.98. The third-order valence-electron chi connectivity index (χ3n) is 5.89. The molecule has 1 heterocycles. The van der Waals surface area contributed by atoms with Gasteiger partial charge in [-0.2, -0.15) is 0 Å². The Morgan fingerprint density at radius 1 is 0.935 bits per heavy atom. The summed E-state index contributed by atoms with van der Waals surface area (Å²) in [7, 11) is 0. The van der Waals surface area contributed by atoms with Crippen LogP contribution in [0.15, 0.2) is 66.7 Å². The fraction of sp³-hybridized carbons (Fsp3) is 0.259. The number of fused-ring (bicyclic) bond motifs is 1. The van der Waals surface area contributed by atoms with Crippen LogP contribution in [0.25, 0.3) is 11.0 Å². The number of rotatable bonds is 6. The fourth-order valence-corrected chi connectivity index (χ4v) is 4.07. The van der Waals surface area contributed by atoms with E-state index in [1.165, 1.54) is 16.7 Å². The highest BCUT2D eigenvalue weighted by molar-refractivity contribution is 5.80. The molecule has 1 unspecified atom stereocenters. The molecular formula is C27H29N3O. The molecule has 0 saturated carbocycles. The van der Waals surface area contributed by atoms with Gasteiger partial charge in [-0.3, -0.25) is 4.79 Å². The van der Waals surface area contributed by atoms with Crippen molar-refractivity contribution in [3.05, 3.63) is 100 Å². The summed E-state index contributed by atoms with van der Waals surface area (Å²) < 4.78 is 2.23. The number of carbonyl (C=O) groups is 1. The Labute approximate surface area is 183 Å². The molecule has 31 heavy (non-hydrogen) atoms. The first-order valence-electron chi connectivity index (χ1n) is 10.8. The minimum absolute atomic E-state index is 0.00661. The van der Waals surface area contributed by atoms with Gasteiger partial charge in [-0.25, -0.2) is 4.98 Å². The van der Waals surface area contributed by atoms with Gasteiger partial charge in [-0.1, -0.05) is 60.2 Å². The van der Waals surface area contributed by atoms with Crippen LogP contribution >= 0.6 is 0 Å². The molecule has 158 valence electrons. The number of nitrogens with zero attached hydrogens (tertiary/aromatic N) is 2. The summed E-state index contributed by atoms with van der Waals surface area (Å²) >= 11 is 0. The van der Waals surface area contributed by atoms with Crippen LogP contribution in [-0.4, -0.2) is 15.5 Å². The van der Waals surface area contributed by atoms with E-state index in [0.29, 0.717) is 6.42 Å². The van der Waals surface area contributed by atoms with E-state index in [9.17, 15) is 4.79 Å². The Hall–Kier alpha value is -3.40. The Morgan fingerprint density at radius 2 is 1.65 bits per heavy atom. The van der Waals surface area contributed by atoms with Crippen molar-refractivity contribution in [1.29, 1.82) is 0 Å². The van der Waals surface area contributed by atoms with Crippen molar-refractivity contribution >= 4 is 16.9 Å². The monoisotopic (exact) mass is 411 g/mol. The van der Waals surface area contributed by atoms with Crippen LogP contribution in [0.3, 0.4) is 0 Å². The molecule has 4 nitrogen and oxygen atoms in total. The van der Waals surface area contributed by atoms with Crippen LogP contribution in [0.1, 0.15) is 46.6 Å². The van der Waals surface area contributed by atoms with E-state index in [1.54, 1.807) is 0 Å². The molecule has 0 spiro atoms. The first-order chi connectivity index (χ1) is 14.9. The number of carbonyl (C=O) groups excluding carboxylic acids is 1. The van der Waals surface area contributed by atoms with Crippen LogP contribution in [0.4, 0.5) is 0 Å². The van der Waals surface area contributed by atoms with Gasteiger partial charge in [0.15, 0.2) is 0 Å². The standard InChI is InChI=1S/C27H29N3O/c1-18-13-14-20(3)23(15-18)17-30-25-12-8-7-11-24(25)29-27(30)21(4)28-26(31)16-22-10-6-5-9-19(22)2/h5-15,21H,16-17H2,1-4H3,(H,28,31). The lowest BCUT2D eigenvalue weighted by Crippen LogP contribution is -2.30. The maximum absolute atomic E-state index is 12.8. The predicted molar refractivity (Wildman–Crippen MR) is 126 cm³/mol. The smallest absolute Gasteiger partial charge is 0.225 e. The first kappa shape index (κ1) is 20.9. The molecule has 4 heteroatoms. The van der Waals surface area contributed by atoms with Crippen molar-refractivity contribution in [3.8, 4) is 0 Å². The summed E-state index contributed by atoms with van der Waals surface area (Å²) in [5.74, 6) is 0.882. The van der Waals surface area contributed by atoms with E-state index >= 15 is 0 Å². The topological polar surface area (TPSA) is 46.9 Å². The van der Waals surface area contributed by atoms with Crippen molar-refractivity contribution in [2.45, 2.75) is 46.7 Å². The number of amides is 1. The van der Waals surface area contributed by atoms with Gasteiger partial charge in [-0.05, 0) is 62.1 Å². The molecule has 0 fully saturated rings. The summed E-state index contributed by atoms with van der Waals surface area (Å²) in [6.45, 7) is 9.03. The number of para-hydroxylation sites is 2. The molecule has 1 N–H and O–H groups in total. The highest BCUT2D eigenvalue weighted by atomic mass is 16.1. The third kappa shape index (κ3) is 4.53. The van der Waals surface area contributed by atoms with Crippen LogP contribution < -0.4 is 5.32 Å². The van der Waals surface area contributed by atoms with Crippen LogP contribution in [0.2, 0.25) is 0 Å². The normalized spacial score (nSPS) is 12.1. The zero-order valence-corrected chi connectivity index (χ0v) is 18.6. The second-order valence-corrected chi connectivity index (χ2v) is 8.37. The summed E-state index contributed by atoms with van der Waals surface area (Å²) in [4.78, 5) is 17.7. The molecule has 3 aromatic carbocycles. The van der Waals surface area contributed by atoms with E-state index in [-0.39, 0.29) is 11.9 Å². The molecule has 4 rings (SSSR count). The average Bonchev–Trinajstić information content (AvgIpc) is 3.11. The molecule has 1 aromatic heterocycles. The Bertz CT molecular complexity index is 1240. The minimum atomic E-state index is -0.200. The van der Waals surface area contributed by atoms with Gasteiger partial charge in [0.05, 0.1) is 23.5 Å². The lowest BCUT2D eigenvalue weighted by molar-refractivity contribution is -0.121. The highest BCUT2D eigenvalue weighted by Crippen LogP contribution is 2.24. The van der Waals surface area contributed by atoms with Crippen molar-refractivity contribution in [2.24, 2.45) is 0 Å². The Kier molecular flexibility index (Phi) is 5.90. The molecule has 0 bridgehead atoms. The predicted octanol–water partition coefficient (Wildman–Crippen LogP) is 5.43. The highest BCUT2D eigenvalue weighted by Gasteiger charge is 2.19. The van der Waals surface area contributed by atoms with Gasteiger partial charge in [0, 0.05) is 6.54 Å². The van der Waals surface area contributed by atoms with E-state index < -0.39 is 0 Å². The van der Waals surface area contributed by atoms with Gasteiger partial charge in [0.1, 0.15) is 5.82 Å². The molecule has 0 aliphatic heterocycles. The zero-order valence-electron chi connectivity index (χ0n) is 18.6. The summed E-state index contributed by atoms with van der Waals surface area (Å²) in [6.07, 6.45) is 0.369. The molecule has 1 atom stereocenters. The molecular weight excluding hydrogens is 382 g/mol. The fourth-order valence-electron chi connectivity index (χ4n) is 4.07. The van der Waals surface area contributed by atoms with E-state index in [0.717, 1.165) is 34.5 Å². The van der Waals surface area contributed by atoms with Gasteiger partial charge >= 0.3 is 0 Å². The first-order valence-corrected chi connectivity index (χ1v) is 10.8. The molecule has 0 radical (unpaired) electrons. The second kappa shape index (κ2) is 8.76. The Morgan fingerprint density at radius 3 is 2.45 bits per heavy atom. The molecule has 1 amide bonds. The van der Waals surface area contributed by atoms with E-state index in [4.69, 9.17) is 4.98 Å². The summed E-state index contributed by atoms with van der Waals surface area (Å²) in [5, 5.41) is 3.16. The van der Waals surface area contributed by atoms with Crippen molar-refractivity contribution in [2.75, 3.05) is 0 Å². The maximum atomic E-state index is 12.8. The second-order valence-electron chi connectivity index (χ2n) is 8.37. The average molecular weight is 412 g/mol. The largest absolute Gasteiger partial charge is 0.346 e. The minimum Gasteiger partial charge on any atom is -0.346 e. The Balaban J connectivity index is 1.63. The summed E-state index contributed by atoms with van der Waals surface area (Å²) in [6, 6.07) is 22.5. The van der Waals surface area contributed by atoms with Crippen LogP contribution in [0.5, 0.6) is 0 Å². The van der Waals surface area contributed by atoms with Crippen LogP contribution in [0, 0.1) is 20.8 Å². The molecule has 4 aromatic rings. The quantitative estimate of drug-likeness (QED) is 0.460. The lowest BCUT2D eigenvalue weighted by atomic mass is 10.1. The van der Waals surface area contributed by atoms with Crippen molar-refractivity contribution < 1.29 is 4.79 Å². The number of aryl methyl sites for hydroxylation is 3. The number of hydrogen-bond donors (Lipinski definition) is 1. The number of nitrogens with one attached hydrogen (secondary N) is 1. The van der Waals surface area contributed by atoms with Gasteiger partial charge < -0.3 is 9.88 Å². The van der Waals surface area contributed by atoms with E-state index in [1.807, 2.05) is 56.3 Å². The number of aromatic nitrogens is 2. The lowest BCUT2D eigenvalue weighted by Gasteiger charge is -2.18. The molecule has 0 aliphatic carbocycles. The number of imidazole rings is 1. The molecule has 0 saturated heterocycles. The van der Waals surface area contributed by atoms with Gasteiger partial charge in [0.25, 0.3) is 0 Å². The van der Waals surface area contributed by atoms with Crippen LogP contribution in [-0.2, 0) is 17.8 Å². The third-order valence-corrected chi connectivity index (χ3v) is 5.89. The van der Waals surface area contributed by atoms with Crippen molar-refractivity contribution in [1.82, 2.24) is 14.9 Å². The van der Waals surface area contributed by atoms with Gasteiger partial charge in [-0.15, -0.1) is 0 Å².